The second kappa shape index (κ2) is 8.29. The van der Waals surface area contributed by atoms with Crippen LogP contribution in [0.15, 0.2) is 83.3 Å². The molecule has 0 aromatic heterocycles. The number of carboxylic acids is 1. The molecule has 1 saturated heterocycles. The van der Waals surface area contributed by atoms with Gasteiger partial charge < -0.3 is 5.11 Å². The number of likely N-dealkylation sites (tertiary alicyclic amines) is 1. The summed E-state index contributed by atoms with van der Waals surface area (Å²) in [6.07, 6.45) is 1.61. The molecule has 3 aromatic carbocycles. The van der Waals surface area contributed by atoms with Gasteiger partial charge in [-0.2, -0.15) is 0 Å². The molecule has 2 unspecified atom stereocenters. The van der Waals surface area contributed by atoms with Crippen LogP contribution in [0.5, 0.6) is 0 Å². The first kappa shape index (κ1) is 18.9. The quantitative estimate of drug-likeness (QED) is 0.553. The Morgan fingerprint density at radius 3 is 2.07 bits per heavy atom. The lowest BCUT2D eigenvalue weighted by Gasteiger charge is -2.32. The Bertz CT molecular complexity index is 939. The van der Waals surface area contributed by atoms with Crippen LogP contribution in [0.1, 0.15) is 30.0 Å². The van der Waals surface area contributed by atoms with Gasteiger partial charge in [-0.15, -0.1) is 0 Å². The van der Waals surface area contributed by atoms with Crippen molar-refractivity contribution < 1.29 is 9.90 Å². The van der Waals surface area contributed by atoms with Gasteiger partial charge in [0.25, 0.3) is 0 Å². The lowest BCUT2D eigenvalue weighted by Crippen LogP contribution is -2.39. The monoisotopic (exact) mass is 435 g/mol. The highest BCUT2D eigenvalue weighted by Crippen LogP contribution is 2.36. The number of hydrogen-bond donors (Lipinski definition) is 1. The summed E-state index contributed by atoms with van der Waals surface area (Å²) < 4.78 is 1.02. The van der Waals surface area contributed by atoms with Crippen molar-refractivity contribution in [2.45, 2.75) is 24.9 Å². The van der Waals surface area contributed by atoms with E-state index in [1.807, 2.05) is 30.3 Å². The molecule has 142 valence electrons. The Hall–Kier alpha value is -2.43. The van der Waals surface area contributed by atoms with Crippen LogP contribution >= 0.6 is 15.9 Å². The molecule has 28 heavy (non-hydrogen) atoms. The summed E-state index contributed by atoms with van der Waals surface area (Å²) in [4.78, 5) is 14.0. The van der Waals surface area contributed by atoms with E-state index in [4.69, 9.17) is 0 Å². The fourth-order valence-electron chi connectivity index (χ4n) is 4.07. The minimum absolute atomic E-state index is 0.0680. The average Bonchev–Trinajstić information content (AvgIpc) is 3.21. The third-order valence-corrected chi connectivity index (χ3v) is 5.96. The molecule has 0 amide bonds. The second-order valence-electron chi connectivity index (χ2n) is 7.18. The zero-order valence-corrected chi connectivity index (χ0v) is 17.0. The summed E-state index contributed by atoms with van der Waals surface area (Å²) in [6.45, 7) is 0.790. The van der Waals surface area contributed by atoms with Crippen molar-refractivity contribution in [3.05, 3.63) is 94.5 Å². The normalized spacial score (nSPS) is 18.1. The van der Waals surface area contributed by atoms with Crippen molar-refractivity contribution in [2.24, 2.45) is 0 Å². The summed E-state index contributed by atoms with van der Waals surface area (Å²) in [6, 6.07) is 26.5. The van der Waals surface area contributed by atoms with E-state index in [1.165, 1.54) is 5.56 Å². The Morgan fingerprint density at radius 2 is 1.46 bits per heavy atom. The standard InChI is InChI=1S/C24H22BrNO2/c25-21-14-12-20(13-15-21)23(26-16-4-7-22(26)24(27)28)19-10-8-18(9-11-19)17-5-2-1-3-6-17/h1-3,5-6,8-15,22-23H,4,7,16H2,(H,27,28). The van der Waals surface area contributed by atoms with Crippen LogP contribution in [0.4, 0.5) is 0 Å². The molecule has 1 aliphatic heterocycles. The van der Waals surface area contributed by atoms with Crippen molar-refractivity contribution >= 4 is 21.9 Å². The lowest BCUT2D eigenvalue weighted by molar-refractivity contribution is -0.142. The van der Waals surface area contributed by atoms with Gasteiger partial charge in [0.2, 0.25) is 0 Å². The number of benzene rings is 3. The highest BCUT2D eigenvalue weighted by Gasteiger charge is 2.36. The van der Waals surface area contributed by atoms with E-state index >= 15 is 0 Å². The predicted molar refractivity (Wildman–Crippen MR) is 115 cm³/mol. The minimum Gasteiger partial charge on any atom is -0.480 e. The number of nitrogens with zero attached hydrogens (tertiary/aromatic N) is 1. The molecule has 1 fully saturated rings. The molecule has 0 radical (unpaired) electrons. The van der Waals surface area contributed by atoms with E-state index in [9.17, 15) is 9.90 Å². The van der Waals surface area contributed by atoms with Gasteiger partial charge >= 0.3 is 5.97 Å². The summed E-state index contributed by atoms with van der Waals surface area (Å²) in [7, 11) is 0. The maximum atomic E-state index is 11.8. The maximum absolute atomic E-state index is 11.8. The summed E-state index contributed by atoms with van der Waals surface area (Å²) in [5.41, 5.74) is 4.58. The molecule has 1 aliphatic rings. The van der Waals surface area contributed by atoms with Gasteiger partial charge in [-0.05, 0) is 47.2 Å². The first-order valence-electron chi connectivity index (χ1n) is 9.53. The highest BCUT2D eigenvalue weighted by atomic mass is 79.9. The number of rotatable bonds is 5. The molecule has 0 spiro atoms. The van der Waals surface area contributed by atoms with Crippen LogP contribution in [0.2, 0.25) is 0 Å². The maximum Gasteiger partial charge on any atom is 0.320 e. The molecule has 0 aliphatic carbocycles. The predicted octanol–water partition coefficient (Wildman–Crippen LogP) is 5.75. The first-order chi connectivity index (χ1) is 13.6. The van der Waals surface area contributed by atoms with Crippen LogP contribution < -0.4 is 0 Å². The second-order valence-corrected chi connectivity index (χ2v) is 8.09. The van der Waals surface area contributed by atoms with E-state index in [2.05, 4.69) is 69.4 Å². The van der Waals surface area contributed by atoms with Crippen LogP contribution in [0.25, 0.3) is 11.1 Å². The first-order valence-corrected chi connectivity index (χ1v) is 10.3. The Kier molecular flexibility index (Phi) is 5.60. The number of halogens is 1. The van der Waals surface area contributed by atoms with Crippen molar-refractivity contribution in [3.8, 4) is 11.1 Å². The topological polar surface area (TPSA) is 40.5 Å². The number of carboxylic acid groups (broad SMARTS) is 1. The van der Waals surface area contributed by atoms with Crippen molar-refractivity contribution in [3.63, 3.8) is 0 Å². The molecule has 0 bridgehead atoms. The average molecular weight is 436 g/mol. The van der Waals surface area contributed by atoms with Gasteiger partial charge in [0.05, 0.1) is 6.04 Å². The third kappa shape index (κ3) is 3.89. The lowest BCUT2D eigenvalue weighted by atomic mass is 9.94. The number of carbonyl (C=O) groups is 1. The zero-order valence-electron chi connectivity index (χ0n) is 15.5. The summed E-state index contributed by atoms with van der Waals surface area (Å²) >= 11 is 3.50. The van der Waals surface area contributed by atoms with Gasteiger partial charge in [-0.25, -0.2) is 0 Å². The van der Waals surface area contributed by atoms with Crippen LogP contribution in [-0.4, -0.2) is 28.6 Å². The third-order valence-electron chi connectivity index (χ3n) is 5.43. The molecule has 1 N–H and O–H groups in total. The van der Waals surface area contributed by atoms with Crippen LogP contribution in [0, 0.1) is 0 Å². The van der Waals surface area contributed by atoms with E-state index < -0.39 is 12.0 Å². The largest absolute Gasteiger partial charge is 0.480 e. The van der Waals surface area contributed by atoms with Gasteiger partial charge in [-0.1, -0.05) is 82.7 Å². The van der Waals surface area contributed by atoms with Crippen LogP contribution in [0.3, 0.4) is 0 Å². The van der Waals surface area contributed by atoms with Gasteiger partial charge in [0, 0.05) is 11.0 Å². The molecule has 3 nitrogen and oxygen atoms in total. The molecule has 4 rings (SSSR count). The molecular formula is C24H22BrNO2. The smallest absolute Gasteiger partial charge is 0.320 e. The molecule has 0 saturated carbocycles. The molecule has 2 atom stereocenters. The Balaban J connectivity index is 1.73. The van der Waals surface area contributed by atoms with Crippen molar-refractivity contribution in [2.75, 3.05) is 6.54 Å². The van der Waals surface area contributed by atoms with Crippen molar-refractivity contribution in [1.29, 1.82) is 0 Å². The van der Waals surface area contributed by atoms with Crippen molar-refractivity contribution in [1.82, 2.24) is 4.90 Å². The highest BCUT2D eigenvalue weighted by molar-refractivity contribution is 9.10. The van der Waals surface area contributed by atoms with Crippen LogP contribution in [-0.2, 0) is 4.79 Å². The van der Waals surface area contributed by atoms with E-state index in [0.717, 1.165) is 34.1 Å². The Morgan fingerprint density at radius 1 is 0.893 bits per heavy atom. The molecule has 4 heteroatoms. The van der Waals surface area contributed by atoms with E-state index in [-0.39, 0.29) is 6.04 Å². The Labute approximate surface area is 173 Å². The minimum atomic E-state index is -0.736. The SMILES string of the molecule is O=C(O)C1CCCN1C(c1ccc(Br)cc1)c1ccc(-c2ccccc2)cc1. The molecular weight excluding hydrogens is 414 g/mol. The molecule has 3 aromatic rings. The van der Waals surface area contributed by atoms with Gasteiger partial charge in [0.15, 0.2) is 0 Å². The summed E-state index contributed by atoms with van der Waals surface area (Å²) in [5.74, 6) is -0.736. The number of aliphatic carboxylic acids is 1. The van der Waals surface area contributed by atoms with E-state index in [1.54, 1.807) is 0 Å². The summed E-state index contributed by atoms with van der Waals surface area (Å²) in [5, 5.41) is 9.71. The fourth-order valence-corrected chi connectivity index (χ4v) is 4.34. The molecule has 1 heterocycles. The fraction of sp³-hybridized carbons (Fsp3) is 0.208. The number of hydrogen-bond acceptors (Lipinski definition) is 2. The van der Waals surface area contributed by atoms with Gasteiger partial charge in [-0.3, -0.25) is 9.69 Å². The zero-order chi connectivity index (χ0) is 19.5. The van der Waals surface area contributed by atoms with E-state index in [0.29, 0.717) is 6.42 Å². The van der Waals surface area contributed by atoms with Gasteiger partial charge in [0.1, 0.15) is 6.04 Å².